The third-order valence-corrected chi connectivity index (χ3v) is 3.52. The van der Waals surface area contributed by atoms with Crippen molar-refractivity contribution in [2.24, 2.45) is 0 Å². The number of nitrogens with one attached hydrogen (secondary N) is 1. The fourth-order valence-corrected chi connectivity index (χ4v) is 2.56. The maximum atomic E-state index is 6.02. The van der Waals surface area contributed by atoms with E-state index in [2.05, 4.69) is 29.5 Å². The summed E-state index contributed by atoms with van der Waals surface area (Å²) < 4.78 is 2.90. The van der Waals surface area contributed by atoms with Crippen LogP contribution in [0.1, 0.15) is 31.1 Å². The van der Waals surface area contributed by atoms with E-state index in [9.17, 15) is 0 Å². The van der Waals surface area contributed by atoms with Crippen LogP contribution in [-0.4, -0.2) is 9.55 Å². The first-order chi connectivity index (χ1) is 8.13. The maximum Gasteiger partial charge on any atom is 0.177 e. The van der Waals surface area contributed by atoms with E-state index in [4.69, 9.17) is 23.8 Å². The number of nitrogens with zero attached hydrogens (tertiary/aromatic N) is 1. The molecule has 0 bridgehead atoms. The molecule has 2 nitrogen and oxygen atoms in total. The summed E-state index contributed by atoms with van der Waals surface area (Å²) >= 11 is 11.3. The summed E-state index contributed by atoms with van der Waals surface area (Å²) in [6.45, 7) is 4.26. The number of imidazole rings is 1. The van der Waals surface area contributed by atoms with Crippen LogP contribution in [0.2, 0.25) is 5.02 Å². The summed E-state index contributed by atoms with van der Waals surface area (Å²) in [5, 5.41) is 0.759. The summed E-state index contributed by atoms with van der Waals surface area (Å²) in [5.41, 5.74) is 2.38. The van der Waals surface area contributed by atoms with Gasteiger partial charge in [-0.2, -0.15) is 0 Å². The first kappa shape index (κ1) is 12.4. The number of rotatable bonds is 3. The Kier molecular flexibility index (Phi) is 3.69. The van der Waals surface area contributed by atoms with Gasteiger partial charge in [0, 0.05) is 16.9 Å². The second kappa shape index (κ2) is 5.07. The molecule has 0 saturated carbocycles. The van der Waals surface area contributed by atoms with Crippen LogP contribution >= 0.6 is 23.8 Å². The normalized spacial score (nSPS) is 12.6. The topological polar surface area (TPSA) is 20.7 Å². The number of halogens is 1. The van der Waals surface area contributed by atoms with Crippen LogP contribution in [0.4, 0.5) is 0 Å². The average Bonchev–Trinajstić information content (AvgIpc) is 2.69. The van der Waals surface area contributed by atoms with Gasteiger partial charge in [-0.3, -0.25) is 0 Å². The molecule has 0 aliphatic carbocycles. The molecule has 0 saturated heterocycles. The van der Waals surface area contributed by atoms with Gasteiger partial charge in [-0.15, -0.1) is 0 Å². The summed E-state index contributed by atoms with van der Waals surface area (Å²) in [7, 11) is 0. The Morgan fingerprint density at radius 3 is 2.88 bits per heavy atom. The lowest BCUT2D eigenvalue weighted by Gasteiger charge is -2.17. The SMILES string of the molecule is CCc1c[nH]c(=S)n1C(C)c1cccc(Cl)c1. The molecule has 2 rings (SSSR count). The molecule has 0 aliphatic heterocycles. The van der Waals surface area contributed by atoms with Gasteiger partial charge < -0.3 is 9.55 Å². The molecule has 4 heteroatoms. The highest BCUT2D eigenvalue weighted by Gasteiger charge is 2.12. The number of aryl methyl sites for hydroxylation is 1. The summed E-state index contributed by atoms with van der Waals surface area (Å²) in [6.07, 6.45) is 2.93. The first-order valence-electron chi connectivity index (χ1n) is 5.67. The predicted octanol–water partition coefficient (Wildman–Crippen LogP) is 4.37. The number of aromatic nitrogens is 2. The fraction of sp³-hybridized carbons (Fsp3) is 0.308. The van der Waals surface area contributed by atoms with Gasteiger partial charge in [0.05, 0.1) is 6.04 Å². The lowest BCUT2D eigenvalue weighted by atomic mass is 10.1. The molecule has 0 aliphatic rings. The lowest BCUT2D eigenvalue weighted by molar-refractivity contribution is 0.604. The average molecular weight is 267 g/mol. The van der Waals surface area contributed by atoms with Crippen LogP contribution in [0.3, 0.4) is 0 Å². The summed E-state index contributed by atoms with van der Waals surface area (Å²) in [6, 6.07) is 8.11. The van der Waals surface area contributed by atoms with Crippen molar-refractivity contribution >= 4 is 23.8 Å². The van der Waals surface area contributed by atoms with E-state index < -0.39 is 0 Å². The Morgan fingerprint density at radius 2 is 2.24 bits per heavy atom. The van der Waals surface area contributed by atoms with Crippen LogP contribution in [0.25, 0.3) is 0 Å². The molecule has 1 aromatic heterocycles. The molecule has 17 heavy (non-hydrogen) atoms. The van der Waals surface area contributed by atoms with Crippen LogP contribution in [0.15, 0.2) is 30.5 Å². The van der Waals surface area contributed by atoms with E-state index in [0.29, 0.717) is 0 Å². The van der Waals surface area contributed by atoms with Crippen molar-refractivity contribution in [1.29, 1.82) is 0 Å². The number of benzene rings is 1. The van der Waals surface area contributed by atoms with Crippen molar-refractivity contribution in [1.82, 2.24) is 9.55 Å². The first-order valence-corrected chi connectivity index (χ1v) is 6.46. The highest BCUT2D eigenvalue weighted by atomic mass is 35.5. The standard InChI is InChI=1S/C13H15ClN2S/c1-3-12-8-15-13(17)16(12)9(2)10-5-4-6-11(14)7-10/h4-9H,3H2,1-2H3,(H,15,17). The van der Waals surface area contributed by atoms with E-state index in [0.717, 1.165) is 16.2 Å². The van der Waals surface area contributed by atoms with Gasteiger partial charge >= 0.3 is 0 Å². The highest BCUT2D eigenvalue weighted by molar-refractivity contribution is 7.71. The second-order valence-electron chi connectivity index (χ2n) is 4.04. The number of hydrogen-bond donors (Lipinski definition) is 1. The van der Waals surface area contributed by atoms with Crippen LogP contribution in [-0.2, 0) is 6.42 Å². The molecule has 90 valence electrons. The minimum Gasteiger partial charge on any atom is -0.337 e. The Bertz CT molecular complexity index is 571. The largest absolute Gasteiger partial charge is 0.337 e. The minimum atomic E-state index is 0.197. The summed E-state index contributed by atoms with van der Waals surface area (Å²) in [4.78, 5) is 3.10. The third-order valence-electron chi connectivity index (χ3n) is 2.97. The molecular formula is C13H15ClN2S. The zero-order valence-electron chi connectivity index (χ0n) is 9.90. The molecular weight excluding hydrogens is 252 g/mol. The number of H-pyrrole nitrogens is 1. The summed E-state index contributed by atoms with van der Waals surface area (Å²) in [5.74, 6) is 0. The van der Waals surface area contributed by atoms with Crippen LogP contribution in [0, 0.1) is 4.77 Å². The van der Waals surface area contributed by atoms with Crippen molar-refractivity contribution in [3.05, 3.63) is 51.5 Å². The predicted molar refractivity (Wildman–Crippen MR) is 74.3 cm³/mol. The van der Waals surface area contributed by atoms with E-state index in [1.807, 2.05) is 24.4 Å². The lowest BCUT2D eigenvalue weighted by Crippen LogP contribution is -2.09. The Morgan fingerprint density at radius 1 is 1.47 bits per heavy atom. The number of aromatic amines is 1. The molecule has 1 unspecified atom stereocenters. The Labute approximate surface area is 111 Å². The van der Waals surface area contributed by atoms with Crippen molar-refractivity contribution in [2.75, 3.05) is 0 Å². The van der Waals surface area contributed by atoms with E-state index in [1.165, 1.54) is 11.3 Å². The second-order valence-corrected chi connectivity index (χ2v) is 4.86. The van der Waals surface area contributed by atoms with E-state index in [-0.39, 0.29) is 6.04 Å². The van der Waals surface area contributed by atoms with Gasteiger partial charge in [0.1, 0.15) is 0 Å². The molecule has 0 radical (unpaired) electrons. The van der Waals surface area contributed by atoms with Gasteiger partial charge in [-0.25, -0.2) is 0 Å². The van der Waals surface area contributed by atoms with Gasteiger partial charge in [0.25, 0.3) is 0 Å². The van der Waals surface area contributed by atoms with E-state index in [1.54, 1.807) is 0 Å². The quantitative estimate of drug-likeness (QED) is 0.818. The van der Waals surface area contributed by atoms with Crippen LogP contribution in [0.5, 0.6) is 0 Å². The number of hydrogen-bond acceptors (Lipinski definition) is 1. The van der Waals surface area contributed by atoms with Gasteiger partial charge in [-0.1, -0.05) is 30.7 Å². The smallest absolute Gasteiger partial charge is 0.177 e. The molecule has 0 spiro atoms. The molecule has 1 atom stereocenters. The molecule has 0 fully saturated rings. The van der Waals surface area contributed by atoms with Crippen molar-refractivity contribution in [2.45, 2.75) is 26.3 Å². The van der Waals surface area contributed by atoms with E-state index >= 15 is 0 Å². The zero-order valence-corrected chi connectivity index (χ0v) is 11.5. The highest BCUT2D eigenvalue weighted by Crippen LogP contribution is 2.23. The molecule has 1 N–H and O–H groups in total. The molecule has 2 aromatic rings. The fourth-order valence-electron chi connectivity index (χ4n) is 2.03. The monoisotopic (exact) mass is 266 g/mol. The Balaban J connectivity index is 2.46. The molecule has 0 amide bonds. The van der Waals surface area contributed by atoms with Crippen molar-refractivity contribution in [3.8, 4) is 0 Å². The molecule has 1 heterocycles. The van der Waals surface area contributed by atoms with Gasteiger partial charge in [-0.05, 0) is 43.3 Å². The van der Waals surface area contributed by atoms with Gasteiger partial charge in [0.15, 0.2) is 4.77 Å². The van der Waals surface area contributed by atoms with Gasteiger partial charge in [0.2, 0.25) is 0 Å². The van der Waals surface area contributed by atoms with Crippen LogP contribution < -0.4 is 0 Å². The van der Waals surface area contributed by atoms with Crippen molar-refractivity contribution in [3.63, 3.8) is 0 Å². The minimum absolute atomic E-state index is 0.197. The Hall–Kier alpha value is -1.06. The molecule has 1 aromatic carbocycles. The van der Waals surface area contributed by atoms with Crippen molar-refractivity contribution < 1.29 is 0 Å². The maximum absolute atomic E-state index is 6.02. The third kappa shape index (κ3) is 2.45. The zero-order chi connectivity index (χ0) is 12.4.